The molecule has 1 heterocycles. The van der Waals surface area contributed by atoms with Crippen molar-refractivity contribution in [3.63, 3.8) is 0 Å². The molecular weight excluding hydrogens is 328 g/mol. The molecule has 2 rings (SSSR count). The molecule has 2 aromatic rings. The molecule has 0 saturated carbocycles. The number of aryl methyl sites for hydroxylation is 1. The van der Waals surface area contributed by atoms with E-state index in [9.17, 15) is 9.59 Å². The van der Waals surface area contributed by atoms with Crippen molar-refractivity contribution >= 4 is 23.4 Å². The Balaban J connectivity index is 1.88. The fourth-order valence-electron chi connectivity index (χ4n) is 2.21. The van der Waals surface area contributed by atoms with Gasteiger partial charge >= 0.3 is 12.1 Å². The Labute approximate surface area is 144 Å². The quantitative estimate of drug-likeness (QED) is 0.765. The lowest BCUT2D eigenvalue weighted by Gasteiger charge is -2.17. The highest BCUT2D eigenvalue weighted by Crippen LogP contribution is 2.12. The van der Waals surface area contributed by atoms with Crippen LogP contribution in [0.1, 0.15) is 29.1 Å². The van der Waals surface area contributed by atoms with E-state index in [0.29, 0.717) is 12.8 Å². The number of aliphatic carboxylic acids is 1. The Bertz CT molecular complexity index is 672. The summed E-state index contributed by atoms with van der Waals surface area (Å²) >= 11 is 1.53. The minimum Gasteiger partial charge on any atom is -0.481 e. The summed E-state index contributed by atoms with van der Waals surface area (Å²) in [7, 11) is 0. The third kappa shape index (κ3) is 6.37. The van der Waals surface area contributed by atoms with E-state index >= 15 is 0 Å². The van der Waals surface area contributed by atoms with Crippen molar-refractivity contribution in [2.75, 3.05) is 0 Å². The minimum atomic E-state index is -0.895. The molecular formula is C17H20N2O4S. The van der Waals surface area contributed by atoms with Gasteiger partial charge in [-0.05, 0) is 18.9 Å². The number of alkyl carbamates (subject to hydrolysis) is 1. The molecule has 0 saturated heterocycles. The van der Waals surface area contributed by atoms with Gasteiger partial charge in [0.15, 0.2) is 0 Å². The number of nitrogens with one attached hydrogen (secondary N) is 1. The van der Waals surface area contributed by atoms with Gasteiger partial charge in [0.25, 0.3) is 0 Å². The molecule has 0 aliphatic rings. The summed E-state index contributed by atoms with van der Waals surface area (Å²) in [5.41, 5.74) is 1.74. The molecule has 24 heavy (non-hydrogen) atoms. The van der Waals surface area contributed by atoms with Crippen LogP contribution >= 0.6 is 11.3 Å². The maximum atomic E-state index is 12.0. The predicted molar refractivity (Wildman–Crippen MR) is 91.0 cm³/mol. The molecule has 1 aromatic heterocycles. The Morgan fingerprint density at radius 1 is 1.33 bits per heavy atom. The molecule has 7 heteroatoms. The number of hydrogen-bond donors (Lipinski definition) is 2. The second kappa shape index (κ2) is 9.02. The number of hydrogen-bond acceptors (Lipinski definition) is 5. The number of thiazole rings is 1. The first-order chi connectivity index (χ1) is 11.5. The van der Waals surface area contributed by atoms with Crippen LogP contribution in [-0.4, -0.2) is 28.2 Å². The fraction of sp³-hybridized carbons (Fsp3) is 0.353. The predicted octanol–water partition coefficient (Wildman–Crippen LogP) is 3.15. The van der Waals surface area contributed by atoms with Crippen molar-refractivity contribution in [2.24, 2.45) is 0 Å². The molecule has 0 aliphatic heterocycles. The van der Waals surface area contributed by atoms with E-state index in [1.807, 2.05) is 42.6 Å². The van der Waals surface area contributed by atoms with Crippen molar-refractivity contribution < 1.29 is 19.4 Å². The number of carbonyl (C=O) groups excluding carboxylic acids is 1. The van der Waals surface area contributed by atoms with Gasteiger partial charge in [0.1, 0.15) is 6.61 Å². The maximum Gasteiger partial charge on any atom is 0.407 e. The summed E-state index contributed by atoms with van der Waals surface area (Å²) in [5, 5.41) is 14.5. The molecule has 2 N–H and O–H groups in total. The number of benzene rings is 1. The molecule has 1 atom stereocenters. The van der Waals surface area contributed by atoms with E-state index in [1.165, 1.54) is 11.3 Å². The van der Waals surface area contributed by atoms with Crippen LogP contribution in [0.2, 0.25) is 0 Å². The van der Waals surface area contributed by atoms with E-state index in [-0.39, 0.29) is 19.1 Å². The lowest BCUT2D eigenvalue weighted by Crippen LogP contribution is -2.37. The van der Waals surface area contributed by atoms with Crippen LogP contribution < -0.4 is 5.32 Å². The van der Waals surface area contributed by atoms with Crippen molar-refractivity contribution in [3.8, 4) is 0 Å². The first-order valence-corrected chi connectivity index (χ1v) is 8.51. The first-order valence-electron chi connectivity index (χ1n) is 7.63. The summed E-state index contributed by atoms with van der Waals surface area (Å²) in [6.07, 6.45) is 0.234. The molecule has 0 bridgehead atoms. The number of nitrogens with zero attached hydrogens (tertiary/aromatic N) is 1. The van der Waals surface area contributed by atoms with Crippen molar-refractivity contribution in [1.29, 1.82) is 0 Å². The zero-order valence-electron chi connectivity index (χ0n) is 13.4. The van der Waals surface area contributed by atoms with Crippen LogP contribution in [0.3, 0.4) is 0 Å². The minimum absolute atomic E-state index is 0.0211. The molecule has 1 aromatic carbocycles. The normalized spacial score (nSPS) is 11.7. The monoisotopic (exact) mass is 348 g/mol. The second-order valence-electron chi connectivity index (χ2n) is 5.40. The molecule has 0 spiro atoms. The highest BCUT2D eigenvalue weighted by atomic mass is 32.1. The van der Waals surface area contributed by atoms with Crippen LogP contribution in [0.25, 0.3) is 0 Å². The number of carbonyl (C=O) groups is 2. The van der Waals surface area contributed by atoms with Crippen molar-refractivity contribution in [3.05, 3.63) is 52.0 Å². The van der Waals surface area contributed by atoms with E-state index in [4.69, 9.17) is 9.84 Å². The van der Waals surface area contributed by atoms with Crippen molar-refractivity contribution in [1.82, 2.24) is 10.3 Å². The SMILES string of the molecule is Cc1nc(CC(CCC(=O)O)NC(=O)OCc2ccccc2)cs1. The molecule has 0 radical (unpaired) electrons. The maximum absolute atomic E-state index is 12.0. The van der Waals surface area contributed by atoms with Crippen LogP contribution in [0.15, 0.2) is 35.7 Å². The van der Waals surface area contributed by atoms with E-state index in [1.54, 1.807) is 0 Å². The second-order valence-corrected chi connectivity index (χ2v) is 6.46. The zero-order chi connectivity index (χ0) is 17.4. The van der Waals surface area contributed by atoms with Gasteiger partial charge < -0.3 is 15.2 Å². The average Bonchev–Trinajstić information content (AvgIpc) is 2.96. The number of amides is 1. The average molecular weight is 348 g/mol. The fourth-order valence-corrected chi connectivity index (χ4v) is 2.83. The largest absolute Gasteiger partial charge is 0.481 e. The molecule has 128 valence electrons. The van der Waals surface area contributed by atoms with Crippen LogP contribution in [0, 0.1) is 6.92 Å². The van der Waals surface area contributed by atoms with Gasteiger partial charge in [0.05, 0.1) is 10.7 Å². The molecule has 0 aliphatic carbocycles. The highest BCUT2D eigenvalue weighted by Gasteiger charge is 2.17. The summed E-state index contributed by atoms with van der Waals surface area (Å²) in [5.74, 6) is -0.895. The topological polar surface area (TPSA) is 88.5 Å². The number of carboxylic acids is 1. The summed E-state index contributed by atoms with van der Waals surface area (Å²) in [4.78, 5) is 27.1. The molecule has 1 amide bonds. The smallest absolute Gasteiger partial charge is 0.407 e. The lowest BCUT2D eigenvalue weighted by molar-refractivity contribution is -0.137. The van der Waals surface area contributed by atoms with Crippen LogP contribution in [0.4, 0.5) is 4.79 Å². The Morgan fingerprint density at radius 2 is 2.08 bits per heavy atom. The number of rotatable bonds is 8. The van der Waals surface area contributed by atoms with Crippen LogP contribution in [-0.2, 0) is 22.6 Å². The number of carboxylic acid groups (broad SMARTS) is 1. The third-order valence-electron chi connectivity index (χ3n) is 3.36. The lowest BCUT2D eigenvalue weighted by atomic mass is 10.1. The summed E-state index contributed by atoms with van der Waals surface area (Å²) < 4.78 is 5.19. The van der Waals surface area contributed by atoms with Crippen molar-refractivity contribution in [2.45, 2.75) is 38.8 Å². The van der Waals surface area contributed by atoms with E-state index in [2.05, 4.69) is 10.3 Å². The highest BCUT2D eigenvalue weighted by molar-refractivity contribution is 7.09. The summed E-state index contributed by atoms with van der Waals surface area (Å²) in [6.45, 7) is 2.08. The zero-order valence-corrected chi connectivity index (χ0v) is 14.2. The Hall–Kier alpha value is -2.41. The molecule has 0 fully saturated rings. The van der Waals surface area contributed by atoms with Gasteiger partial charge in [0, 0.05) is 24.3 Å². The van der Waals surface area contributed by atoms with Gasteiger partial charge in [-0.25, -0.2) is 9.78 Å². The van der Waals surface area contributed by atoms with Gasteiger partial charge in [-0.2, -0.15) is 0 Å². The van der Waals surface area contributed by atoms with Gasteiger partial charge in [-0.15, -0.1) is 11.3 Å². The Kier molecular flexibility index (Phi) is 6.74. The van der Waals surface area contributed by atoms with Crippen LogP contribution in [0.5, 0.6) is 0 Å². The van der Waals surface area contributed by atoms with E-state index < -0.39 is 12.1 Å². The van der Waals surface area contributed by atoms with Gasteiger partial charge in [-0.1, -0.05) is 30.3 Å². The van der Waals surface area contributed by atoms with Gasteiger partial charge in [-0.3, -0.25) is 4.79 Å². The third-order valence-corrected chi connectivity index (χ3v) is 4.19. The standard InChI is InChI=1S/C17H20N2O4S/c1-12-18-15(11-24-12)9-14(7-8-16(20)21)19-17(22)23-10-13-5-3-2-4-6-13/h2-6,11,14H,7-10H2,1H3,(H,19,22)(H,20,21). The van der Waals surface area contributed by atoms with Gasteiger partial charge in [0.2, 0.25) is 0 Å². The van der Waals surface area contributed by atoms with E-state index in [0.717, 1.165) is 16.3 Å². The number of ether oxygens (including phenoxy) is 1. The first kappa shape index (κ1) is 17.9. The molecule has 1 unspecified atom stereocenters. The molecule has 6 nitrogen and oxygen atoms in total. The summed E-state index contributed by atoms with van der Waals surface area (Å²) in [6, 6.07) is 9.04. The Morgan fingerprint density at radius 3 is 2.71 bits per heavy atom. The number of aromatic nitrogens is 1.